The number of carbonyl (C=O) groups excluding carboxylic acids is 2. The lowest BCUT2D eigenvalue weighted by atomic mass is 10.0. The predicted molar refractivity (Wildman–Crippen MR) is 139 cm³/mol. The van der Waals surface area contributed by atoms with Crippen LogP contribution in [0, 0.1) is 0 Å². The number of benzene rings is 2. The fourth-order valence-corrected chi connectivity index (χ4v) is 3.41. The van der Waals surface area contributed by atoms with Crippen molar-refractivity contribution in [2.24, 2.45) is 5.16 Å². The molecule has 3 N–H and O–H groups in total. The highest BCUT2D eigenvalue weighted by atomic mass is 19.4. The number of carboxylic acids is 1. The summed E-state index contributed by atoms with van der Waals surface area (Å²) in [6, 6.07) is 10.4. The molecule has 2 amide bonds. The summed E-state index contributed by atoms with van der Waals surface area (Å²) in [5.74, 6) is -1.64. The van der Waals surface area contributed by atoms with Crippen molar-refractivity contribution in [1.82, 2.24) is 5.32 Å². The van der Waals surface area contributed by atoms with Gasteiger partial charge >= 0.3 is 12.1 Å². The Balaban J connectivity index is 1.73. The smallest absolute Gasteiger partial charge is 0.416 e. The summed E-state index contributed by atoms with van der Waals surface area (Å²) in [4.78, 5) is 40.2. The second-order valence-electron chi connectivity index (χ2n) is 8.53. The molecule has 0 aliphatic rings. The standard InChI is InChI=1S/C27H32F3N3O6/c1-38-17-3-2-5-23(19-8-12-21(13-9-19)27(28,29)30)33-39-18-16-31-24(34)6-4-7-25(35)32-22-14-10-20(11-15-22)26(36)37/h8-15H,2-7,16-18H2,1H3,(H,31,34)(H,32,35)(H,36,37)/b33-23-. The van der Waals surface area contributed by atoms with Crippen LogP contribution in [0.4, 0.5) is 18.9 Å². The maximum atomic E-state index is 12.9. The Bertz CT molecular complexity index is 1100. The Morgan fingerprint density at radius 1 is 0.846 bits per heavy atom. The van der Waals surface area contributed by atoms with Crippen molar-refractivity contribution in [3.8, 4) is 0 Å². The van der Waals surface area contributed by atoms with Crippen LogP contribution in [0.3, 0.4) is 0 Å². The fraction of sp³-hybridized carbons (Fsp3) is 0.407. The van der Waals surface area contributed by atoms with Gasteiger partial charge in [-0.1, -0.05) is 17.3 Å². The van der Waals surface area contributed by atoms with E-state index >= 15 is 0 Å². The fourth-order valence-electron chi connectivity index (χ4n) is 3.41. The number of nitrogens with zero attached hydrogens (tertiary/aromatic N) is 1. The van der Waals surface area contributed by atoms with Crippen molar-refractivity contribution in [3.63, 3.8) is 0 Å². The monoisotopic (exact) mass is 551 g/mol. The Labute approximate surface area is 224 Å². The number of halogens is 3. The zero-order valence-corrected chi connectivity index (χ0v) is 21.6. The Morgan fingerprint density at radius 2 is 1.49 bits per heavy atom. The third-order valence-electron chi connectivity index (χ3n) is 5.47. The van der Waals surface area contributed by atoms with Crippen LogP contribution in [0.5, 0.6) is 0 Å². The molecule has 39 heavy (non-hydrogen) atoms. The van der Waals surface area contributed by atoms with E-state index in [4.69, 9.17) is 14.7 Å². The average molecular weight is 552 g/mol. The lowest BCUT2D eigenvalue weighted by molar-refractivity contribution is -0.137. The number of carbonyl (C=O) groups is 3. The number of aromatic carboxylic acids is 1. The minimum Gasteiger partial charge on any atom is -0.478 e. The van der Waals surface area contributed by atoms with E-state index in [1.807, 2.05) is 0 Å². The van der Waals surface area contributed by atoms with Gasteiger partial charge in [0.15, 0.2) is 0 Å². The molecule has 0 aromatic heterocycles. The molecule has 12 heteroatoms. The van der Waals surface area contributed by atoms with Gasteiger partial charge in [-0.25, -0.2) is 4.79 Å². The molecule has 9 nitrogen and oxygen atoms in total. The minimum atomic E-state index is -4.43. The van der Waals surface area contributed by atoms with Gasteiger partial charge in [-0.15, -0.1) is 0 Å². The number of unbranched alkanes of at least 4 members (excludes halogenated alkanes) is 1. The summed E-state index contributed by atoms with van der Waals surface area (Å²) in [5.41, 5.74) is 0.828. The minimum absolute atomic E-state index is 0.0563. The van der Waals surface area contributed by atoms with Crippen LogP contribution in [0.25, 0.3) is 0 Å². The molecule has 2 rings (SSSR count). The van der Waals surface area contributed by atoms with E-state index < -0.39 is 17.7 Å². The van der Waals surface area contributed by atoms with Crippen LogP contribution < -0.4 is 10.6 Å². The first-order valence-corrected chi connectivity index (χ1v) is 12.4. The largest absolute Gasteiger partial charge is 0.478 e. The number of carboxylic acid groups (broad SMARTS) is 1. The van der Waals surface area contributed by atoms with E-state index in [9.17, 15) is 27.6 Å². The van der Waals surface area contributed by atoms with E-state index in [0.717, 1.165) is 18.6 Å². The number of rotatable bonds is 16. The molecule has 0 aliphatic heterocycles. The van der Waals surface area contributed by atoms with Gasteiger partial charge in [0, 0.05) is 32.2 Å². The Morgan fingerprint density at radius 3 is 2.10 bits per heavy atom. The third-order valence-corrected chi connectivity index (χ3v) is 5.47. The molecule has 0 saturated carbocycles. The highest BCUT2D eigenvalue weighted by Gasteiger charge is 2.30. The van der Waals surface area contributed by atoms with Gasteiger partial charge in [0.1, 0.15) is 6.61 Å². The van der Waals surface area contributed by atoms with Gasteiger partial charge in [0.05, 0.1) is 23.4 Å². The number of anilines is 1. The quantitative estimate of drug-likeness (QED) is 0.155. The maximum Gasteiger partial charge on any atom is 0.416 e. The molecule has 0 bridgehead atoms. The number of hydrogen-bond acceptors (Lipinski definition) is 6. The normalized spacial score (nSPS) is 11.6. The number of amides is 2. The van der Waals surface area contributed by atoms with Crippen molar-refractivity contribution in [2.75, 3.05) is 32.2 Å². The van der Waals surface area contributed by atoms with Gasteiger partial charge in [0.25, 0.3) is 0 Å². The highest BCUT2D eigenvalue weighted by Crippen LogP contribution is 2.29. The van der Waals surface area contributed by atoms with Crippen molar-refractivity contribution >= 4 is 29.2 Å². The van der Waals surface area contributed by atoms with E-state index in [0.29, 0.717) is 42.8 Å². The summed E-state index contributed by atoms with van der Waals surface area (Å²) in [6.07, 6.45) is -1.96. The zero-order chi connectivity index (χ0) is 28.7. The van der Waals surface area contributed by atoms with Gasteiger partial charge in [0.2, 0.25) is 11.8 Å². The number of nitrogens with one attached hydrogen (secondary N) is 2. The molecule has 0 saturated heterocycles. The van der Waals surface area contributed by atoms with Crippen molar-refractivity contribution in [3.05, 3.63) is 65.2 Å². The summed E-state index contributed by atoms with van der Waals surface area (Å²) in [5, 5.41) is 18.3. The first-order chi connectivity index (χ1) is 18.6. The second-order valence-corrected chi connectivity index (χ2v) is 8.53. The van der Waals surface area contributed by atoms with E-state index in [-0.39, 0.29) is 43.4 Å². The molecule has 0 spiro atoms. The van der Waals surface area contributed by atoms with Gasteiger partial charge in [-0.05, 0) is 67.6 Å². The molecular weight excluding hydrogens is 519 g/mol. The molecule has 0 unspecified atom stereocenters. The molecule has 2 aromatic rings. The summed E-state index contributed by atoms with van der Waals surface area (Å²) in [6.45, 7) is 0.768. The van der Waals surface area contributed by atoms with E-state index in [1.165, 1.54) is 36.4 Å². The maximum absolute atomic E-state index is 12.9. The Hall–Kier alpha value is -3.93. The zero-order valence-electron chi connectivity index (χ0n) is 21.6. The molecule has 0 fully saturated rings. The van der Waals surface area contributed by atoms with Gasteiger partial charge in [-0.3, -0.25) is 9.59 Å². The lowest BCUT2D eigenvalue weighted by Gasteiger charge is -2.10. The van der Waals surface area contributed by atoms with Crippen LogP contribution in [-0.2, 0) is 25.3 Å². The van der Waals surface area contributed by atoms with Crippen LogP contribution in [-0.4, -0.2) is 55.5 Å². The summed E-state index contributed by atoms with van der Waals surface area (Å²) < 4.78 is 43.6. The van der Waals surface area contributed by atoms with E-state index in [1.54, 1.807) is 7.11 Å². The van der Waals surface area contributed by atoms with Gasteiger partial charge < -0.3 is 25.3 Å². The molecule has 0 atom stereocenters. The van der Waals surface area contributed by atoms with Crippen LogP contribution >= 0.6 is 0 Å². The topological polar surface area (TPSA) is 126 Å². The number of oxime groups is 1. The number of hydrogen-bond donors (Lipinski definition) is 3. The number of methoxy groups -OCH3 is 1. The Kier molecular flexibility index (Phi) is 12.9. The molecule has 212 valence electrons. The molecule has 0 heterocycles. The first-order valence-electron chi connectivity index (χ1n) is 12.4. The van der Waals surface area contributed by atoms with Crippen molar-refractivity contribution in [2.45, 2.75) is 44.7 Å². The van der Waals surface area contributed by atoms with Crippen LogP contribution in [0.1, 0.15) is 60.0 Å². The predicted octanol–water partition coefficient (Wildman–Crippen LogP) is 4.87. The molecule has 2 aromatic carbocycles. The lowest BCUT2D eigenvalue weighted by Crippen LogP contribution is -2.27. The molecule has 0 aliphatic carbocycles. The van der Waals surface area contributed by atoms with Crippen LogP contribution in [0.2, 0.25) is 0 Å². The van der Waals surface area contributed by atoms with Crippen molar-refractivity contribution < 1.29 is 42.2 Å². The SMILES string of the molecule is COCCCC/C(=N/OCCNC(=O)CCCC(=O)Nc1ccc(C(=O)O)cc1)c1ccc(C(F)(F)F)cc1. The van der Waals surface area contributed by atoms with E-state index in [2.05, 4.69) is 15.8 Å². The molecular formula is C27H32F3N3O6. The summed E-state index contributed by atoms with van der Waals surface area (Å²) in [7, 11) is 1.58. The average Bonchev–Trinajstić information content (AvgIpc) is 2.89. The number of ether oxygens (including phenoxy) is 1. The summed E-state index contributed by atoms with van der Waals surface area (Å²) >= 11 is 0. The van der Waals surface area contributed by atoms with Crippen LogP contribution in [0.15, 0.2) is 53.7 Å². The first kappa shape index (κ1) is 31.3. The van der Waals surface area contributed by atoms with Gasteiger partial charge in [-0.2, -0.15) is 13.2 Å². The second kappa shape index (κ2) is 16.1. The molecule has 0 radical (unpaired) electrons. The van der Waals surface area contributed by atoms with Crippen molar-refractivity contribution in [1.29, 1.82) is 0 Å². The third kappa shape index (κ3) is 12.0. The highest BCUT2D eigenvalue weighted by molar-refractivity contribution is 6.00. The number of alkyl halides is 3.